The fourth-order valence-electron chi connectivity index (χ4n) is 2.04. The molecule has 116 valence electrons. The predicted molar refractivity (Wildman–Crippen MR) is 76.0 cm³/mol. The van der Waals surface area contributed by atoms with Gasteiger partial charge in [0, 0.05) is 16.1 Å². The molecule has 0 aliphatic carbocycles. The van der Waals surface area contributed by atoms with E-state index in [4.69, 9.17) is 28.3 Å². The fourth-order valence-corrected chi connectivity index (χ4v) is 2.39. The molecule has 0 fully saturated rings. The van der Waals surface area contributed by atoms with Crippen LogP contribution in [0.2, 0.25) is 10.2 Å². The molecule has 0 bridgehead atoms. The Bertz CT molecular complexity index is 745. The minimum absolute atomic E-state index is 0. The number of carboxylic acid groups (broad SMARTS) is 1. The number of aliphatic hydroxyl groups excluding tert-OH is 2. The molecule has 0 radical (unpaired) electrons. The zero-order valence-corrected chi connectivity index (χ0v) is 15.4. The summed E-state index contributed by atoms with van der Waals surface area (Å²) >= 11 is 11.4. The van der Waals surface area contributed by atoms with Crippen molar-refractivity contribution in [3.8, 4) is 11.1 Å². The van der Waals surface area contributed by atoms with Gasteiger partial charge in [-0.05, 0) is 29.8 Å². The summed E-state index contributed by atoms with van der Waals surface area (Å²) < 4.78 is 14.1. The standard InChI is InChI=1S/C14H10Cl2FNO4.Na/c15-6-1-2-7(9(17)3-6)8-4-11(16)18-13(14(21)22)12(8)10(20)5-19;/h1-4,10,19-20H,5H2,(H,21,22);/q;+1/p-1. The van der Waals surface area contributed by atoms with Gasteiger partial charge >= 0.3 is 29.6 Å². The average Bonchev–Trinajstić information content (AvgIpc) is 2.45. The molecule has 1 atom stereocenters. The minimum Gasteiger partial charge on any atom is -0.543 e. The number of pyridine rings is 1. The molecule has 5 nitrogen and oxygen atoms in total. The molecule has 2 N–H and O–H groups in total. The number of halogens is 3. The molecule has 0 aliphatic rings. The van der Waals surface area contributed by atoms with E-state index in [0.717, 1.165) is 6.07 Å². The second-order valence-electron chi connectivity index (χ2n) is 4.36. The number of hydrogen-bond donors (Lipinski definition) is 2. The van der Waals surface area contributed by atoms with Crippen LogP contribution >= 0.6 is 23.2 Å². The third-order valence-corrected chi connectivity index (χ3v) is 3.38. The fraction of sp³-hybridized carbons (Fsp3) is 0.143. The summed E-state index contributed by atoms with van der Waals surface area (Å²) in [5.74, 6) is -2.45. The summed E-state index contributed by atoms with van der Waals surface area (Å²) in [4.78, 5) is 14.7. The Morgan fingerprint density at radius 1 is 1.30 bits per heavy atom. The largest absolute Gasteiger partial charge is 1.00 e. The van der Waals surface area contributed by atoms with Crippen molar-refractivity contribution in [2.45, 2.75) is 6.10 Å². The molecule has 23 heavy (non-hydrogen) atoms. The van der Waals surface area contributed by atoms with Crippen LogP contribution in [0.1, 0.15) is 22.2 Å². The van der Waals surface area contributed by atoms with Gasteiger partial charge in [-0.25, -0.2) is 9.37 Å². The molecule has 0 aliphatic heterocycles. The zero-order valence-electron chi connectivity index (χ0n) is 11.9. The molecule has 9 heteroatoms. The Labute approximate surface area is 163 Å². The normalized spacial score (nSPS) is 11.7. The second kappa shape index (κ2) is 8.39. The molecule has 2 aromatic rings. The van der Waals surface area contributed by atoms with Crippen LogP contribution in [0.4, 0.5) is 4.39 Å². The van der Waals surface area contributed by atoms with Gasteiger partial charge in [-0.2, -0.15) is 0 Å². The van der Waals surface area contributed by atoms with E-state index in [1.165, 1.54) is 18.2 Å². The Balaban J connectivity index is 0.00000264. The van der Waals surface area contributed by atoms with Gasteiger partial charge in [0.15, 0.2) is 0 Å². The van der Waals surface area contributed by atoms with Crippen molar-refractivity contribution in [1.29, 1.82) is 0 Å². The van der Waals surface area contributed by atoms with E-state index in [9.17, 15) is 19.4 Å². The molecule has 1 unspecified atom stereocenters. The quantitative estimate of drug-likeness (QED) is 0.511. The van der Waals surface area contributed by atoms with Crippen LogP contribution < -0.4 is 34.7 Å². The maximum absolute atomic E-state index is 14.1. The van der Waals surface area contributed by atoms with Crippen molar-refractivity contribution >= 4 is 29.2 Å². The number of hydrogen-bond acceptors (Lipinski definition) is 5. The molecule has 0 amide bonds. The number of carboxylic acids is 1. The molecule has 1 heterocycles. The van der Waals surface area contributed by atoms with Crippen LogP contribution in [0.3, 0.4) is 0 Å². The van der Waals surface area contributed by atoms with E-state index in [2.05, 4.69) is 4.98 Å². The molecular weight excluding hydrogens is 359 g/mol. The summed E-state index contributed by atoms with van der Waals surface area (Å²) in [6.07, 6.45) is -1.59. The van der Waals surface area contributed by atoms with Crippen molar-refractivity contribution < 1.29 is 54.1 Å². The smallest absolute Gasteiger partial charge is 0.543 e. The van der Waals surface area contributed by atoms with Crippen LogP contribution in [0, 0.1) is 5.82 Å². The van der Waals surface area contributed by atoms with Crippen LogP contribution in [-0.4, -0.2) is 27.8 Å². The first kappa shape index (κ1) is 20.3. The van der Waals surface area contributed by atoms with E-state index in [1.54, 1.807) is 0 Å². The van der Waals surface area contributed by atoms with Gasteiger partial charge in [0.05, 0.1) is 18.3 Å². The summed E-state index contributed by atoms with van der Waals surface area (Å²) in [6.45, 7) is -0.786. The summed E-state index contributed by atoms with van der Waals surface area (Å²) in [5, 5.41) is 30.1. The summed E-state index contributed by atoms with van der Waals surface area (Å²) in [6, 6.07) is 4.91. The first-order valence-corrected chi connectivity index (χ1v) is 6.77. The third-order valence-electron chi connectivity index (χ3n) is 2.95. The number of aliphatic hydroxyl groups is 2. The van der Waals surface area contributed by atoms with Crippen LogP contribution in [-0.2, 0) is 0 Å². The van der Waals surface area contributed by atoms with Crippen molar-refractivity contribution in [1.82, 2.24) is 4.98 Å². The van der Waals surface area contributed by atoms with Gasteiger partial charge in [0.25, 0.3) is 0 Å². The van der Waals surface area contributed by atoms with E-state index >= 15 is 0 Å². The number of nitrogens with zero attached hydrogens (tertiary/aromatic N) is 1. The first-order valence-electron chi connectivity index (χ1n) is 6.01. The van der Waals surface area contributed by atoms with Gasteiger partial charge in [0.1, 0.15) is 17.1 Å². The van der Waals surface area contributed by atoms with E-state index < -0.39 is 30.2 Å². The van der Waals surface area contributed by atoms with Crippen LogP contribution in [0.15, 0.2) is 24.3 Å². The zero-order chi connectivity index (χ0) is 16.4. The molecular formula is C14H9Cl2FNNaO4. The van der Waals surface area contributed by atoms with Crippen LogP contribution in [0.25, 0.3) is 11.1 Å². The van der Waals surface area contributed by atoms with E-state index in [0.29, 0.717) is 0 Å². The van der Waals surface area contributed by atoms with Crippen molar-refractivity contribution in [3.63, 3.8) is 0 Å². The molecule has 0 saturated carbocycles. The Morgan fingerprint density at radius 3 is 2.48 bits per heavy atom. The predicted octanol–water partition coefficient (Wildman–Crippen LogP) is -1.41. The average molecular weight is 368 g/mol. The number of carbonyl (C=O) groups is 1. The summed E-state index contributed by atoms with van der Waals surface area (Å²) in [7, 11) is 0. The van der Waals surface area contributed by atoms with Gasteiger partial charge in [-0.1, -0.05) is 23.2 Å². The van der Waals surface area contributed by atoms with Gasteiger partial charge in [0.2, 0.25) is 0 Å². The SMILES string of the molecule is O=C([O-])c1nc(Cl)cc(-c2ccc(Cl)cc2F)c1C(O)CO.[Na+]. The van der Waals surface area contributed by atoms with Crippen molar-refractivity contribution in [3.05, 3.63) is 51.5 Å². The number of rotatable bonds is 4. The number of carbonyl (C=O) groups excluding carboxylic acids is 1. The second-order valence-corrected chi connectivity index (χ2v) is 5.19. The van der Waals surface area contributed by atoms with Gasteiger partial charge in [-0.3, -0.25) is 0 Å². The van der Waals surface area contributed by atoms with E-state index in [-0.39, 0.29) is 56.4 Å². The monoisotopic (exact) mass is 367 g/mol. The minimum atomic E-state index is -1.71. The number of aromatic nitrogens is 1. The molecule has 0 saturated heterocycles. The number of benzene rings is 1. The van der Waals surface area contributed by atoms with Crippen LogP contribution in [0.5, 0.6) is 0 Å². The molecule has 1 aromatic heterocycles. The number of aromatic carboxylic acids is 1. The van der Waals surface area contributed by atoms with Crippen molar-refractivity contribution in [2.24, 2.45) is 0 Å². The first-order chi connectivity index (χ1) is 10.3. The Morgan fingerprint density at radius 2 is 1.96 bits per heavy atom. The molecule has 2 rings (SSSR count). The van der Waals surface area contributed by atoms with Gasteiger partial charge < -0.3 is 20.1 Å². The van der Waals surface area contributed by atoms with Gasteiger partial charge in [-0.15, -0.1) is 0 Å². The maximum Gasteiger partial charge on any atom is 1.00 e. The summed E-state index contributed by atoms with van der Waals surface area (Å²) in [5.41, 5.74) is -1.01. The topological polar surface area (TPSA) is 93.5 Å². The van der Waals surface area contributed by atoms with E-state index in [1.807, 2.05) is 0 Å². The molecule has 0 spiro atoms. The Hall–Kier alpha value is -0.730. The maximum atomic E-state index is 14.1. The Kier molecular flexibility index (Phi) is 7.41. The molecule has 1 aromatic carbocycles. The van der Waals surface area contributed by atoms with Crippen molar-refractivity contribution in [2.75, 3.05) is 6.61 Å². The third kappa shape index (κ3) is 4.42.